The number of nitrogens with one attached hydrogen (secondary N) is 3. The number of aromatic amines is 1. The first kappa shape index (κ1) is 21.6. The molecule has 8 nitrogen and oxygen atoms in total. The van der Waals surface area contributed by atoms with E-state index in [2.05, 4.69) is 25.7 Å². The summed E-state index contributed by atoms with van der Waals surface area (Å²) in [6.07, 6.45) is 0.457. The Morgan fingerprint density at radius 3 is 2.59 bits per heavy atom. The van der Waals surface area contributed by atoms with Gasteiger partial charge in [-0.3, -0.25) is 14.7 Å². The Morgan fingerprint density at radius 1 is 1.09 bits per heavy atom. The molecule has 2 aromatic carbocycles. The average molecular weight is 451 g/mol. The molecule has 0 spiro atoms. The molecule has 2 aromatic heterocycles. The van der Waals surface area contributed by atoms with Gasteiger partial charge >= 0.3 is 0 Å². The lowest BCUT2D eigenvalue weighted by molar-refractivity contribution is -0.116. The minimum Gasteiger partial charge on any atom is -0.351 e. The van der Waals surface area contributed by atoms with Gasteiger partial charge in [0.25, 0.3) is 11.3 Å². The standard InChI is InChI=1S/C23H23ClN6O2/c1-14-5-3-4-6-19(14)27-20(31)12-11-18-15(2)26-23-28-22(29-30(23)21(18)32)25-13-16-7-9-17(24)10-8-16/h3-10H,11-13H2,1-2H3,(H,27,31)(H2,25,26,28,29). The maximum absolute atomic E-state index is 13.0. The molecule has 2 heterocycles. The smallest absolute Gasteiger partial charge is 0.277 e. The largest absolute Gasteiger partial charge is 0.351 e. The van der Waals surface area contributed by atoms with Crippen LogP contribution in [0, 0.1) is 13.8 Å². The summed E-state index contributed by atoms with van der Waals surface area (Å²) < 4.78 is 1.30. The van der Waals surface area contributed by atoms with Gasteiger partial charge in [-0.05, 0) is 49.6 Å². The Labute approximate surface area is 189 Å². The van der Waals surface area contributed by atoms with Crippen molar-refractivity contribution in [2.75, 3.05) is 10.6 Å². The number of nitrogens with zero attached hydrogens (tertiary/aromatic N) is 3. The van der Waals surface area contributed by atoms with Gasteiger partial charge in [0.1, 0.15) is 0 Å². The second kappa shape index (κ2) is 9.23. The molecule has 4 rings (SSSR count). The highest BCUT2D eigenvalue weighted by Crippen LogP contribution is 2.15. The molecular formula is C23H23ClN6O2. The van der Waals surface area contributed by atoms with Crippen LogP contribution in [-0.4, -0.2) is 25.5 Å². The first-order chi connectivity index (χ1) is 15.4. The highest BCUT2D eigenvalue weighted by Gasteiger charge is 2.15. The van der Waals surface area contributed by atoms with Gasteiger partial charge < -0.3 is 10.6 Å². The van der Waals surface area contributed by atoms with Gasteiger partial charge in [0.15, 0.2) is 0 Å². The normalized spacial score (nSPS) is 11.0. The van der Waals surface area contributed by atoms with Gasteiger partial charge in [-0.15, -0.1) is 0 Å². The van der Waals surface area contributed by atoms with E-state index in [4.69, 9.17) is 11.6 Å². The predicted molar refractivity (Wildman–Crippen MR) is 125 cm³/mol. The molecule has 0 unspecified atom stereocenters. The lowest BCUT2D eigenvalue weighted by atomic mass is 10.1. The van der Waals surface area contributed by atoms with Crippen molar-refractivity contribution in [3.05, 3.63) is 86.3 Å². The maximum atomic E-state index is 13.0. The van der Waals surface area contributed by atoms with Crippen molar-refractivity contribution in [3.63, 3.8) is 0 Å². The molecule has 3 N–H and O–H groups in total. The number of hydrogen-bond donors (Lipinski definition) is 3. The predicted octanol–water partition coefficient (Wildman–Crippen LogP) is 3.87. The molecule has 0 radical (unpaired) electrons. The third-order valence-corrected chi connectivity index (χ3v) is 5.44. The summed E-state index contributed by atoms with van der Waals surface area (Å²) in [5.41, 5.74) is 3.56. The highest BCUT2D eigenvalue weighted by molar-refractivity contribution is 6.30. The first-order valence-electron chi connectivity index (χ1n) is 10.2. The number of benzene rings is 2. The monoisotopic (exact) mass is 450 g/mol. The quantitative estimate of drug-likeness (QED) is 0.396. The van der Waals surface area contributed by atoms with Crippen LogP contribution in [-0.2, 0) is 17.8 Å². The van der Waals surface area contributed by atoms with Crippen LogP contribution in [0.15, 0.2) is 53.3 Å². The van der Waals surface area contributed by atoms with E-state index in [0.717, 1.165) is 16.8 Å². The molecular weight excluding hydrogens is 428 g/mol. The molecule has 0 saturated heterocycles. The van der Waals surface area contributed by atoms with Crippen molar-refractivity contribution in [3.8, 4) is 0 Å². The second-order valence-electron chi connectivity index (χ2n) is 7.53. The van der Waals surface area contributed by atoms with Gasteiger partial charge in [-0.1, -0.05) is 41.9 Å². The van der Waals surface area contributed by atoms with Gasteiger partial charge in [-0.25, -0.2) is 4.98 Å². The Hall–Kier alpha value is -3.65. The van der Waals surface area contributed by atoms with Gasteiger partial charge in [0.2, 0.25) is 11.9 Å². The van der Waals surface area contributed by atoms with E-state index in [1.165, 1.54) is 4.52 Å². The van der Waals surface area contributed by atoms with Crippen molar-refractivity contribution in [2.24, 2.45) is 0 Å². The minimum absolute atomic E-state index is 0.155. The van der Waals surface area contributed by atoms with Crippen LogP contribution < -0.4 is 16.2 Å². The SMILES string of the molecule is Cc1ccccc1NC(=O)CCc1c(C)nc2nc(NCc3ccc(Cl)cc3)[nH]n2c1=O. The lowest BCUT2D eigenvalue weighted by Crippen LogP contribution is -2.23. The Bertz CT molecular complexity index is 1330. The zero-order chi connectivity index (χ0) is 22.7. The summed E-state index contributed by atoms with van der Waals surface area (Å²) in [4.78, 5) is 34.1. The number of aryl methyl sites for hydroxylation is 2. The molecule has 0 aliphatic carbocycles. The fourth-order valence-corrected chi connectivity index (χ4v) is 3.50. The maximum Gasteiger partial charge on any atom is 0.277 e. The fraction of sp³-hybridized carbons (Fsp3) is 0.217. The van der Waals surface area contributed by atoms with Crippen LogP contribution in [0.1, 0.15) is 28.8 Å². The molecule has 1 amide bonds. The van der Waals surface area contributed by atoms with Crippen LogP contribution in [0.25, 0.3) is 5.78 Å². The van der Waals surface area contributed by atoms with Crippen LogP contribution in [0.2, 0.25) is 5.02 Å². The molecule has 0 aliphatic rings. The number of anilines is 2. The number of halogens is 1. The van der Waals surface area contributed by atoms with Crippen LogP contribution in [0.5, 0.6) is 0 Å². The average Bonchev–Trinajstić information content (AvgIpc) is 3.18. The summed E-state index contributed by atoms with van der Waals surface area (Å²) in [7, 11) is 0. The van der Waals surface area contributed by atoms with Crippen molar-refractivity contribution in [2.45, 2.75) is 33.2 Å². The first-order valence-corrected chi connectivity index (χ1v) is 10.6. The summed E-state index contributed by atoms with van der Waals surface area (Å²) in [5.74, 6) is 0.552. The number of aromatic nitrogens is 4. The van der Waals surface area contributed by atoms with Gasteiger partial charge in [0.05, 0.1) is 5.69 Å². The van der Waals surface area contributed by atoms with Crippen molar-refractivity contribution in [1.82, 2.24) is 19.6 Å². The third-order valence-electron chi connectivity index (χ3n) is 5.19. The van der Waals surface area contributed by atoms with Crippen LogP contribution >= 0.6 is 11.6 Å². The topological polar surface area (TPSA) is 104 Å². The fourth-order valence-electron chi connectivity index (χ4n) is 3.37. The molecule has 0 fully saturated rings. The van der Waals surface area contributed by atoms with E-state index in [0.29, 0.717) is 28.8 Å². The highest BCUT2D eigenvalue weighted by atomic mass is 35.5. The van der Waals surface area contributed by atoms with Crippen molar-refractivity contribution >= 4 is 34.9 Å². The van der Waals surface area contributed by atoms with E-state index < -0.39 is 0 Å². The van der Waals surface area contributed by atoms with Crippen LogP contribution in [0.3, 0.4) is 0 Å². The number of carbonyl (C=O) groups excluding carboxylic acids is 1. The second-order valence-corrected chi connectivity index (χ2v) is 7.97. The van der Waals surface area contributed by atoms with Crippen LogP contribution in [0.4, 0.5) is 11.6 Å². The Kier molecular flexibility index (Phi) is 6.23. The van der Waals surface area contributed by atoms with Gasteiger partial charge in [0, 0.05) is 29.2 Å². The molecule has 164 valence electrons. The van der Waals surface area contributed by atoms with E-state index in [1.54, 1.807) is 6.92 Å². The number of para-hydroxylation sites is 1. The number of rotatable bonds is 7. The molecule has 32 heavy (non-hydrogen) atoms. The van der Waals surface area contributed by atoms with E-state index in [-0.39, 0.29) is 30.1 Å². The van der Waals surface area contributed by atoms with Gasteiger partial charge in [-0.2, -0.15) is 9.50 Å². The molecule has 9 heteroatoms. The zero-order valence-corrected chi connectivity index (χ0v) is 18.5. The summed E-state index contributed by atoms with van der Waals surface area (Å²) in [6.45, 7) is 4.20. The Morgan fingerprint density at radius 2 is 1.84 bits per heavy atom. The zero-order valence-electron chi connectivity index (χ0n) is 17.8. The molecule has 0 aliphatic heterocycles. The number of H-pyrrole nitrogens is 1. The minimum atomic E-state index is -0.261. The molecule has 4 aromatic rings. The number of fused-ring (bicyclic) bond motifs is 1. The van der Waals surface area contributed by atoms with E-state index in [9.17, 15) is 9.59 Å². The van der Waals surface area contributed by atoms with Crippen molar-refractivity contribution < 1.29 is 4.79 Å². The summed E-state index contributed by atoms with van der Waals surface area (Å²) in [6, 6.07) is 15.0. The number of hydrogen-bond acceptors (Lipinski definition) is 5. The van der Waals surface area contributed by atoms with E-state index in [1.807, 2.05) is 55.5 Å². The number of amides is 1. The summed E-state index contributed by atoms with van der Waals surface area (Å²) >= 11 is 5.91. The molecule has 0 bridgehead atoms. The number of carbonyl (C=O) groups is 1. The lowest BCUT2D eigenvalue weighted by Gasteiger charge is -2.08. The molecule has 0 saturated carbocycles. The Balaban J connectivity index is 1.46. The van der Waals surface area contributed by atoms with E-state index >= 15 is 0 Å². The third kappa shape index (κ3) is 4.81. The molecule has 0 atom stereocenters. The van der Waals surface area contributed by atoms with Crippen molar-refractivity contribution in [1.29, 1.82) is 0 Å². The summed E-state index contributed by atoms with van der Waals surface area (Å²) in [5, 5.41) is 9.65.